The molecule has 1 fully saturated rings. The van der Waals surface area contributed by atoms with E-state index in [9.17, 15) is 35.8 Å². The maximum absolute atomic E-state index is 12.9. The van der Waals surface area contributed by atoms with Crippen LogP contribution in [0.3, 0.4) is 0 Å². The van der Waals surface area contributed by atoms with Crippen LogP contribution in [-0.4, -0.2) is 49.7 Å². The second-order valence-electron chi connectivity index (χ2n) is 6.13. The Morgan fingerprint density at radius 1 is 1.23 bits per heavy atom. The minimum atomic E-state index is -5.45. The molecule has 26 heavy (non-hydrogen) atoms. The third-order valence-corrected chi connectivity index (χ3v) is 7.12. The molecule has 1 aromatic carbocycles. The fourth-order valence-corrected chi connectivity index (χ4v) is 5.03. The van der Waals surface area contributed by atoms with Crippen molar-refractivity contribution in [1.29, 1.82) is 0 Å². The largest absolute Gasteiger partial charge is 0.297 e. The molecule has 0 bridgehead atoms. The summed E-state index contributed by atoms with van der Waals surface area (Å²) in [7, 11) is -9.11. The summed E-state index contributed by atoms with van der Waals surface area (Å²) in [5.74, 6) is -4.92. The Morgan fingerprint density at radius 3 is 2.27 bits per heavy atom. The number of sulfone groups is 1. The van der Waals surface area contributed by atoms with Crippen molar-refractivity contribution >= 4 is 48.9 Å². The predicted molar refractivity (Wildman–Crippen MR) is 91.6 cm³/mol. The molecule has 0 aliphatic heterocycles. The minimum absolute atomic E-state index is 0.0446. The molecule has 142 valence electrons. The molecule has 2 unspecified atom stereocenters. The molecule has 2 atom stereocenters. The first-order chi connectivity index (χ1) is 11.7. The number of carbonyl (C=O) groups is 3. The number of rotatable bonds is 4. The molecular weight excluding hydrogens is 408 g/mol. The number of benzene rings is 1. The zero-order chi connectivity index (χ0) is 20.1. The Balaban J connectivity index is 2.75. The van der Waals surface area contributed by atoms with Gasteiger partial charge in [0, 0.05) is 24.2 Å². The van der Waals surface area contributed by atoms with Crippen molar-refractivity contribution in [2.75, 3.05) is 6.26 Å². The summed E-state index contributed by atoms with van der Waals surface area (Å²) in [6.07, 6.45) is 0.552. The SMILES string of the molecule is CC1CCC(=O)C(C(=O)c2ccc(S(C)(=O)=O)cc2Cl)(S(=O)(=O)O)C1=O. The van der Waals surface area contributed by atoms with E-state index in [1.807, 2.05) is 0 Å². The molecule has 1 aliphatic carbocycles. The zero-order valence-corrected chi connectivity index (χ0v) is 16.1. The van der Waals surface area contributed by atoms with Crippen LogP contribution in [0.15, 0.2) is 23.1 Å². The molecule has 1 aromatic rings. The fourth-order valence-electron chi connectivity index (χ4n) is 2.87. The van der Waals surface area contributed by atoms with Gasteiger partial charge in [-0.1, -0.05) is 18.5 Å². The Labute approximate surface area is 155 Å². The smallest absolute Gasteiger partial charge is 0.293 e. The van der Waals surface area contributed by atoms with Crippen molar-refractivity contribution in [3.63, 3.8) is 0 Å². The third-order valence-electron chi connectivity index (χ3n) is 4.31. The van der Waals surface area contributed by atoms with E-state index < -0.39 is 65.0 Å². The maximum Gasteiger partial charge on any atom is 0.293 e. The molecule has 8 nitrogen and oxygen atoms in total. The van der Waals surface area contributed by atoms with Crippen molar-refractivity contribution in [3.8, 4) is 0 Å². The highest BCUT2D eigenvalue weighted by molar-refractivity contribution is 7.90. The molecule has 1 N–H and O–H groups in total. The van der Waals surface area contributed by atoms with Crippen LogP contribution in [0, 0.1) is 5.92 Å². The van der Waals surface area contributed by atoms with E-state index in [4.69, 9.17) is 11.6 Å². The number of ketones is 3. The first-order valence-electron chi connectivity index (χ1n) is 7.33. The molecule has 11 heteroatoms. The zero-order valence-electron chi connectivity index (χ0n) is 13.7. The lowest BCUT2D eigenvalue weighted by molar-refractivity contribution is -0.134. The van der Waals surface area contributed by atoms with E-state index in [1.165, 1.54) is 6.92 Å². The third kappa shape index (κ3) is 3.11. The van der Waals surface area contributed by atoms with Gasteiger partial charge in [0.15, 0.2) is 21.4 Å². The lowest BCUT2D eigenvalue weighted by atomic mass is 9.75. The number of halogens is 1. The second-order valence-corrected chi connectivity index (χ2v) is 10.1. The molecule has 0 amide bonds. The normalized spacial score (nSPS) is 24.5. The molecule has 1 aliphatic rings. The van der Waals surface area contributed by atoms with Gasteiger partial charge in [0.2, 0.25) is 5.78 Å². The van der Waals surface area contributed by atoms with Gasteiger partial charge < -0.3 is 0 Å². The topological polar surface area (TPSA) is 140 Å². The highest BCUT2D eigenvalue weighted by Gasteiger charge is 2.64. The second kappa shape index (κ2) is 6.52. The van der Waals surface area contributed by atoms with Gasteiger partial charge in [-0.15, -0.1) is 0 Å². The monoisotopic (exact) mass is 422 g/mol. The lowest BCUT2D eigenvalue weighted by Crippen LogP contribution is -2.62. The van der Waals surface area contributed by atoms with Crippen LogP contribution in [0.5, 0.6) is 0 Å². The van der Waals surface area contributed by atoms with Gasteiger partial charge in [0.25, 0.3) is 14.9 Å². The Hall–Kier alpha value is -1.62. The van der Waals surface area contributed by atoms with Gasteiger partial charge in [0.1, 0.15) is 0 Å². The molecule has 0 saturated heterocycles. The summed E-state index contributed by atoms with van der Waals surface area (Å²) in [5, 5.41) is -0.459. The Bertz CT molecular complexity index is 1030. The van der Waals surface area contributed by atoms with Crippen LogP contribution in [-0.2, 0) is 29.5 Å². The molecule has 2 rings (SSSR count). The van der Waals surface area contributed by atoms with E-state index in [0.29, 0.717) is 0 Å². The van der Waals surface area contributed by atoms with E-state index in [1.54, 1.807) is 0 Å². The van der Waals surface area contributed by atoms with Crippen LogP contribution < -0.4 is 0 Å². The number of carbonyl (C=O) groups excluding carboxylic acids is 3. The van der Waals surface area contributed by atoms with Crippen molar-refractivity contribution < 1.29 is 35.8 Å². The minimum Gasteiger partial charge on any atom is -0.297 e. The van der Waals surface area contributed by atoms with Gasteiger partial charge in [-0.25, -0.2) is 8.42 Å². The average Bonchev–Trinajstić information content (AvgIpc) is 2.49. The highest BCUT2D eigenvalue weighted by atomic mass is 35.5. The molecule has 0 radical (unpaired) electrons. The van der Waals surface area contributed by atoms with E-state index in [-0.39, 0.29) is 11.3 Å². The summed E-state index contributed by atoms with van der Waals surface area (Å²) < 4.78 is 53.4. The highest BCUT2D eigenvalue weighted by Crippen LogP contribution is 2.37. The molecule has 0 spiro atoms. The maximum atomic E-state index is 12.9. The quantitative estimate of drug-likeness (QED) is 0.432. The first kappa shape index (κ1) is 20.7. The summed E-state index contributed by atoms with van der Waals surface area (Å²) in [6, 6.07) is 2.81. The Morgan fingerprint density at radius 2 is 1.81 bits per heavy atom. The molecule has 0 aromatic heterocycles. The van der Waals surface area contributed by atoms with Crippen molar-refractivity contribution in [2.45, 2.75) is 29.4 Å². The van der Waals surface area contributed by atoms with Crippen LogP contribution in [0.1, 0.15) is 30.1 Å². The van der Waals surface area contributed by atoms with Gasteiger partial charge in [0.05, 0.1) is 9.92 Å². The van der Waals surface area contributed by atoms with E-state index >= 15 is 0 Å². The predicted octanol–water partition coefficient (Wildman–Crippen LogP) is 1.12. The van der Waals surface area contributed by atoms with Crippen molar-refractivity contribution in [2.24, 2.45) is 5.92 Å². The van der Waals surface area contributed by atoms with Crippen LogP contribution in [0.25, 0.3) is 0 Å². The van der Waals surface area contributed by atoms with E-state index in [0.717, 1.165) is 24.5 Å². The number of hydrogen-bond donors (Lipinski definition) is 1. The van der Waals surface area contributed by atoms with E-state index in [2.05, 4.69) is 0 Å². The van der Waals surface area contributed by atoms with Crippen LogP contribution >= 0.6 is 11.6 Å². The van der Waals surface area contributed by atoms with Gasteiger partial charge in [-0.05, 0) is 24.6 Å². The standard InChI is InChI=1S/C15H15ClO8S2/c1-8-3-6-12(17)15(13(8)18,26(22,23)24)14(19)10-5-4-9(7-11(10)16)25(2,20)21/h4-5,7-8H,3,6H2,1-2H3,(H,22,23,24). The molecule has 1 saturated carbocycles. The van der Waals surface area contributed by atoms with Gasteiger partial charge >= 0.3 is 0 Å². The summed E-state index contributed by atoms with van der Waals surface area (Å²) >= 11 is 5.91. The molecule has 0 heterocycles. The summed E-state index contributed by atoms with van der Waals surface area (Å²) in [5.41, 5.74) is -0.549. The first-order valence-corrected chi connectivity index (χ1v) is 11.0. The Kier molecular flexibility index (Phi) is 5.19. The van der Waals surface area contributed by atoms with Crippen molar-refractivity contribution in [1.82, 2.24) is 0 Å². The number of hydrogen-bond acceptors (Lipinski definition) is 7. The summed E-state index contributed by atoms with van der Waals surface area (Å²) in [6.45, 7) is 1.34. The molecular formula is C15H15ClO8S2. The number of Topliss-reactive ketones (excluding diaryl/α,β-unsaturated/α-hetero) is 3. The van der Waals surface area contributed by atoms with Crippen LogP contribution in [0.4, 0.5) is 0 Å². The fraction of sp³-hybridized carbons (Fsp3) is 0.400. The van der Waals surface area contributed by atoms with Crippen LogP contribution in [0.2, 0.25) is 5.02 Å². The van der Waals surface area contributed by atoms with Crippen molar-refractivity contribution in [3.05, 3.63) is 28.8 Å². The van der Waals surface area contributed by atoms with Gasteiger partial charge in [-0.3, -0.25) is 18.9 Å². The van der Waals surface area contributed by atoms with Gasteiger partial charge in [-0.2, -0.15) is 8.42 Å². The lowest BCUT2D eigenvalue weighted by Gasteiger charge is -2.33. The summed E-state index contributed by atoms with van der Waals surface area (Å²) in [4.78, 5) is 37.5. The average molecular weight is 423 g/mol.